The third-order valence-electron chi connectivity index (χ3n) is 4.52. The highest BCUT2D eigenvalue weighted by Crippen LogP contribution is 2.39. The Kier molecular flexibility index (Phi) is 3.81. The van der Waals surface area contributed by atoms with E-state index in [0.29, 0.717) is 19.8 Å². The zero-order valence-electron chi connectivity index (χ0n) is 13.6. The van der Waals surface area contributed by atoms with E-state index in [2.05, 4.69) is 6.58 Å². The second kappa shape index (κ2) is 5.98. The molecule has 0 saturated carbocycles. The van der Waals surface area contributed by atoms with Crippen molar-refractivity contribution in [3.05, 3.63) is 51.7 Å². The van der Waals surface area contributed by atoms with Gasteiger partial charge in [-0.2, -0.15) is 0 Å². The lowest BCUT2D eigenvalue weighted by Gasteiger charge is -2.31. The molecule has 0 saturated heterocycles. The van der Waals surface area contributed by atoms with E-state index in [9.17, 15) is 4.79 Å². The average Bonchev–Trinajstić information content (AvgIpc) is 2.87. The largest absolute Gasteiger partial charge is 0.490 e. The summed E-state index contributed by atoms with van der Waals surface area (Å²) in [5.74, 6) is 1.58. The van der Waals surface area contributed by atoms with Gasteiger partial charge < -0.3 is 14.4 Å². The lowest BCUT2D eigenvalue weighted by Crippen LogP contribution is -2.34. The number of rotatable bonds is 1. The average molecular weight is 341 g/mol. The van der Waals surface area contributed by atoms with Crippen LogP contribution in [0.15, 0.2) is 30.2 Å². The molecule has 5 heteroatoms. The Hall–Kier alpha value is -2.27. The van der Waals surface area contributed by atoms with Crippen LogP contribution in [0.2, 0.25) is 0 Å². The second-order valence-corrected chi connectivity index (χ2v) is 7.01. The Bertz CT molecular complexity index is 824. The standard InChI is InChI=1S/C19H19NO3S/c1-12-5-9-24-18(12)19(21)20-6-4-14-10-16-17(11-15(14)13(20)2)23-8-3-7-22-16/h5,9-11H,2-4,6-8H2,1H3. The summed E-state index contributed by atoms with van der Waals surface area (Å²) in [4.78, 5) is 15.4. The minimum Gasteiger partial charge on any atom is -0.490 e. The molecule has 1 aromatic heterocycles. The van der Waals surface area contributed by atoms with Crippen LogP contribution in [0.1, 0.15) is 32.8 Å². The molecule has 3 heterocycles. The first kappa shape index (κ1) is 15.3. The van der Waals surface area contributed by atoms with E-state index in [4.69, 9.17) is 9.47 Å². The van der Waals surface area contributed by atoms with E-state index in [1.807, 2.05) is 30.5 Å². The molecule has 1 aromatic carbocycles. The Labute approximate surface area is 145 Å². The molecule has 0 radical (unpaired) electrons. The molecule has 24 heavy (non-hydrogen) atoms. The molecule has 2 aliphatic rings. The van der Waals surface area contributed by atoms with Gasteiger partial charge in [-0.05, 0) is 48.1 Å². The maximum atomic E-state index is 12.9. The van der Waals surface area contributed by atoms with Crippen LogP contribution in [0, 0.1) is 6.92 Å². The number of nitrogens with zero attached hydrogens (tertiary/aromatic N) is 1. The van der Waals surface area contributed by atoms with Gasteiger partial charge >= 0.3 is 0 Å². The van der Waals surface area contributed by atoms with Gasteiger partial charge in [0.05, 0.1) is 18.1 Å². The first-order chi connectivity index (χ1) is 11.6. The third-order valence-corrected chi connectivity index (χ3v) is 5.52. The Morgan fingerprint density at radius 3 is 2.71 bits per heavy atom. The van der Waals surface area contributed by atoms with Crippen molar-refractivity contribution in [2.45, 2.75) is 19.8 Å². The van der Waals surface area contributed by atoms with Crippen molar-refractivity contribution >= 4 is 22.9 Å². The van der Waals surface area contributed by atoms with E-state index in [1.165, 1.54) is 11.3 Å². The van der Waals surface area contributed by atoms with E-state index < -0.39 is 0 Å². The van der Waals surface area contributed by atoms with Crippen LogP contribution in [0.3, 0.4) is 0 Å². The summed E-state index contributed by atoms with van der Waals surface area (Å²) in [6.45, 7) is 8.12. The summed E-state index contributed by atoms with van der Waals surface area (Å²) in [6, 6.07) is 5.99. The van der Waals surface area contributed by atoms with Gasteiger partial charge in [0.1, 0.15) is 0 Å². The number of benzene rings is 1. The van der Waals surface area contributed by atoms with Crippen molar-refractivity contribution in [3.8, 4) is 11.5 Å². The number of hydrogen-bond acceptors (Lipinski definition) is 4. The molecule has 0 fully saturated rings. The molecule has 0 aliphatic carbocycles. The van der Waals surface area contributed by atoms with Crippen LogP contribution < -0.4 is 9.47 Å². The Balaban J connectivity index is 1.68. The maximum absolute atomic E-state index is 12.9. The summed E-state index contributed by atoms with van der Waals surface area (Å²) in [5, 5.41) is 1.95. The Morgan fingerprint density at radius 2 is 2.00 bits per heavy atom. The molecule has 0 unspecified atom stereocenters. The third kappa shape index (κ3) is 2.49. The first-order valence-electron chi connectivity index (χ1n) is 8.13. The minimum atomic E-state index is 0.0326. The maximum Gasteiger partial charge on any atom is 0.268 e. The molecular formula is C19H19NO3S. The summed E-state index contributed by atoms with van der Waals surface area (Å²) in [5.41, 5.74) is 3.90. The number of ether oxygens (including phenoxy) is 2. The van der Waals surface area contributed by atoms with Gasteiger partial charge in [-0.3, -0.25) is 4.79 Å². The van der Waals surface area contributed by atoms with Crippen LogP contribution in [0.5, 0.6) is 11.5 Å². The molecule has 2 aliphatic heterocycles. The van der Waals surface area contributed by atoms with Gasteiger partial charge in [0.2, 0.25) is 0 Å². The van der Waals surface area contributed by atoms with Crippen molar-refractivity contribution in [1.29, 1.82) is 0 Å². The van der Waals surface area contributed by atoms with Crippen molar-refractivity contribution in [2.24, 2.45) is 0 Å². The molecule has 1 amide bonds. The van der Waals surface area contributed by atoms with Gasteiger partial charge in [0, 0.05) is 24.2 Å². The predicted molar refractivity (Wildman–Crippen MR) is 94.9 cm³/mol. The molecule has 124 valence electrons. The summed E-state index contributed by atoms with van der Waals surface area (Å²) < 4.78 is 11.5. The van der Waals surface area contributed by atoms with Crippen molar-refractivity contribution in [3.63, 3.8) is 0 Å². The van der Waals surface area contributed by atoms with E-state index in [0.717, 1.165) is 51.6 Å². The molecule has 0 atom stereocenters. The second-order valence-electron chi connectivity index (χ2n) is 6.09. The molecule has 0 bridgehead atoms. The van der Waals surface area contributed by atoms with Crippen molar-refractivity contribution in [1.82, 2.24) is 4.90 Å². The number of amides is 1. The topological polar surface area (TPSA) is 38.8 Å². The molecule has 4 rings (SSSR count). The fraction of sp³-hybridized carbons (Fsp3) is 0.316. The van der Waals surface area contributed by atoms with E-state index in [1.54, 1.807) is 4.90 Å². The van der Waals surface area contributed by atoms with Crippen LogP contribution in [0.4, 0.5) is 0 Å². The SMILES string of the molecule is C=C1c2cc3c(cc2CCN1C(=O)c1sccc1C)OCCCO3. The van der Waals surface area contributed by atoms with Gasteiger partial charge in [-0.25, -0.2) is 0 Å². The summed E-state index contributed by atoms with van der Waals surface area (Å²) in [7, 11) is 0. The Morgan fingerprint density at radius 1 is 1.25 bits per heavy atom. The first-order valence-corrected chi connectivity index (χ1v) is 9.01. The minimum absolute atomic E-state index is 0.0326. The molecule has 4 nitrogen and oxygen atoms in total. The fourth-order valence-electron chi connectivity index (χ4n) is 3.18. The van der Waals surface area contributed by atoms with Crippen LogP contribution in [-0.2, 0) is 6.42 Å². The van der Waals surface area contributed by atoms with Gasteiger partial charge in [0.15, 0.2) is 11.5 Å². The summed E-state index contributed by atoms with van der Waals surface area (Å²) >= 11 is 1.48. The van der Waals surface area contributed by atoms with Gasteiger partial charge in [-0.15, -0.1) is 11.3 Å². The molecule has 2 aromatic rings. The highest BCUT2D eigenvalue weighted by Gasteiger charge is 2.28. The quantitative estimate of drug-likeness (QED) is 0.790. The predicted octanol–water partition coefficient (Wildman–Crippen LogP) is 3.89. The molecule has 0 N–H and O–H groups in total. The van der Waals surface area contributed by atoms with E-state index >= 15 is 0 Å². The number of carbonyl (C=O) groups is 1. The fourth-order valence-corrected chi connectivity index (χ4v) is 4.05. The summed E-state index contributed by atoms with van der Waals surface area (Å²) in [6.07, 6.45) is 1.67. The number of thiophene rings is 1. The lowest BCUT2D eigenvalue weighted by molar-refractivity contribution is 0.0837. The van der Waals surface area contributed by atoms with Crippen LogP contribution in [0.25, 0.3) is 5.70 Å². The van der Waals surface area contributed by atoms with Crippen LogP contribution in [-0.4, -0.2) is 30.6 Å². The number of aryl methyl sites for hydroxylation is 1. The molecule has 0 spiro atoms. The number of carbonyl (C=O) groups excluding carboxylic acids is 1. The van der Waals surface area contributed by atoms with Gasteiger partial charge in [-0.1, -0.05) is 6.58 Å². The number of fused-ring (bicyclic) bond motifs is 2. The zero-order chi connectivity index (χ0) is 16.7. The van der Waals surface area contributed by atoms with Crippen molar-refractivity contribution < 1.29 is 14.3 Å². The normalized spacial score (nSPS) is 16.5. The highest BCUT2D eigenvalue weighted by molar-refractivity contribution is 7.12. The smallest absolute Gasteiger partial charge is 0.268 e. The van der Waals surface area contributed by atoms with Gasteiger partial charge in [0.25, 0.3) is 5.91 Å². The number of hydrogen-bond donors (Lipinski definition) is 0. The monoisotopic (exact) mass is 341 g/mol. The molecular weight excluding hydrogens is 322 g/mol. The van der Waals surface area contributed by atoms with Crippen molar-refractivity contribution in [2.75, 3.05) is 19.8 Å². The lowest BCUT2D eigenvalue weighted by atomic mass is 9.96. The highest BCUT2D eigenvalue weighted by atomic mass is 32.1. The van der Waals surface area contributed by atoms with E-state index in [-0.39, 0.29) is 5.91 Å². The van der Waals surface area contributed by atoms with Crippen LogP contribution >= 0.6 is 11.3 Å². The zero-order valence-corrected chi connectivity index (χ0v) is 14.4.